The van der Waals surface area contributed by atoms with Crippen molar-refractivity contribution in [2.75, 3.05) is 7.11 Å². The monoisotopic (exact) mass is 470 g/mol. The predicted octanol–water partition coefficient (Wildman–Crippen LogP) is 9.88. The Hall–Kier alpha value is -1.07. The number of methoxy groups -OCH3 is 1. The first-order chi connectivity index (χ1) is 15.0. The highest BCUT2D eigenvalue weighted by molar-refractivity contribution is 7.62. The Balaban J connectivity index is 3.17. The highest BCUT2D eigenvalue weighted by Crippen LogP contribution is 2.77. The van der Waals surface area contributed by atoms with Crippen LogP contribution in [0.25, 0.3) is 0 Å². The Morgan fingerprint density at radius 2 is 1.36 bits per heavy atom. The van der Waals surface area contributed by atoms with E-state index in [9.17, 15) is 0 Å². The molecule has 0 aliphatic heterocycles. The van der Waals surface area contributed by atoms with Gasteiger partial charge in [0.05, 0.1) is 12.3 Å². The number of allylic oxidation sites excluding steroid dienone is 4. The molecule has 2 heteroatoms. The number of hydrogen-bond acceptors (Lipinski definition) is 1. The Morgan fingerprint density at radius 1 is 0.848 bits per heavy atom. The molecule has 0 N–H and O–H groups in total. The van der Waals surface area contributed by atoms with Gasteiger partial charge in [-0.3, -0.25) is 0 Å². The summed E-state index contributed by atoms with van der Waals surface area (Å²) in [6.07, 6.45) is 2.46. The van der Waals surface area contributed by atoms with Crippen molar-refractivity contribution >= 4 is 7.92 Å². The number of rotatable bonds is 6. The predicted molar refractivity (Wildman–Crippen MR) is 150 cm³/mol. The van der Waals surface area contributed by atoms with Crippen molar-refractivity contribution in [2.24, 2.45) is 11.8 Å². The van der Waals surface area contributed by atoms with E-state index in [0.717, 1.165) is 0 Å². The largest absolute Gasteiger partial charge is 0.500 e. The molecule has 1 aliphatic carbocycles. The molecule has 1 aliphatic rings. The lowest BCUT2D eigenvalue weighted by Crippen LogP contribution is -2.52. The molecule has 2 atom stereocenters. The fraction of sp³-hybridized carbons (Fsp3) is 0.677. The molecule has 33 heavy (non-hydrogen) atoms. The van der Waals surface area contributed by atoms with E-state index >= 15 is 0 Å². The Bertz CT molecular complexity index is 874. The standard InChI is InChI=1S/C31H51OP/c1-20(2)24-17-15-16-18-25(24)27-23(7)19-26(21(3)4)28(32-14)31(27,22(5)6)33(29(8,9)10)30(11,12)13/h15-22,27H,1-14H3. The Morgan fingerprint density at radius 3 is 1.76 bits per heavy atom. The van der Waals surface area contributed by atoms with Gasteiger partial charge in [0, 0.05) is 5.92 Å². The molecule has 0 saturated heterocycles. The summed E-state index contributed by atoms with van der Waals surface area (Å²) in [5.74, 6) is 2.89. The molecule has 0 saturated carbocycles. The topological polar surface area (TPSA) is 9.23 Å². The van der Waals surface area contributed by atoms with E-state index in [1.54, 1.807) is 0 Å². The molecule has 2 rings (SSSR count). The van der Waals surface area contributed by atoms with Gasteiger partial charge in [0.1, 0.15) is 5.76 Å². The quantitative estimate of drug-likeness (QED) is 0.376. The molecular weight excluding hydrogens is 419 g/mol. The molecule has 186 valence electrons. The molecule has 0 bridgehead atoms. The van der Waals surface area contributed by atoms with Crippen LogP contribution in [0.5, 0.6) is 0 Å². The van der Waals surface area contributed by atoms with Gasteiger partial charge in [-0.2, -0.15) is 0 Å². The minimum atomic E-state index is -0.526. The fourth-order valence-corrected chi connectivity index (χ4v) is 12.6. The average molecular weight is 471 g/mol. The van der Waals surface area contributed by atoms with Gasteiger partial charge in [0.25, 0.3) is 0 Å². The van der Waals surface area contributed by atoms with Crippen molar-refractivity contribution in [3.05, 3.63) is 58.4 Å². The molecule has 2 unspecified atom stereocenters. The molecule has 1 aromatic carbocycles. The average Bonchev–Trinajstić information content (AvgIpc) is 2.65. The van der Waals surface area contributed by atoms with Crippen molar-refractivity contribution < 1.29 is 4.74 Å². The SMILES string of the molecule is COC1=C(C(C)C)C=C(C)C(c2ccccc2C(C)C)C1(C(C)C)P(C(C)(C)C)C(C)(C)C. The zero-order valence-electron chi connectivity index (χ0n) is 24.1. The third kappa shape index (κ3) is 5.00. The highest BCUT2D eigenvalue weighted by atomic mass is 31.1. The first-order valence-electron chi connectivity index (χ1n) is 12.9. The maximum atomic E-state index is 6.57. The fourth-order valence-electron chi connectivity index (χ4n) is 6.80. The normalized spacial score (nSPS) is 22.6. The van der Waals surface area contributed by atoms with E-state index in [1.807, 2.05) is 7.11 Å². The zero-order chi connectivity index (χ0) is 25.5. The summed E-state index contributed by atoms with van der Waals surface area (Å²) < 4.78 is 6.57. The minimum absolute atomic E-state index is 0.0932. The summed E-state index contributed by atoms with van der Waals surface area (Å²) >= 11 is 0. The van der Waals surface area contributed by atoms with Crippen LogP contribution in [-0.4, -0.2) is 22.6 Å². The van der Waals surface area contributed by atoms with Crippen LogP contribution < -0.4 is 0 Å². The van der Waals surface area contributed by atoms with Crippen LogP contribution in [0.2, 0.25) is 0 Å². The molecule has 0 radical (unpaired) electrons. The van der Waals surface area contributed by atoms with Crippen LogP contribution in [0.4, 0.5) is 0 Å². The van der Waals surface area contributed by atoms with Crippen LogP contribution in [0.1, 0.15) is 113 Å². The van der Waals surface area contributed by atoms with Crippen molar-refractivity contribution in [1.82, 2.24) is 0 Å². The van der Waals surface area contributed by atoms with E-state index in [2.05, 4.69) is 120 Å². The molecular formula is C31H51OP. The maximum Gasteiger partial charge on any atom is 0.111 e. The third-order valence-electron chi connectivity index (χ3n) is 7.25. The molecule has 0 spiro atoms. The highest BCUT2D eigenvalue weighted by Gasteiger charge is 2.61. The van der Waals surface area contributed by atoms with Gasteiger partial charge in [0.2, 0.25) is 0 Å². The van der Waals surface area contributed by atoms with E-state index in [-0.39, 0.29) is 15.5 Å². The van der Waals surface area contributed by atoms with E-state index in [1.165, 1.54) is 28.0 Å². The van der Waals surface area contributed by atoms with Crippen molar-refractivity contribution in [2.45, 2.75) is 117 Å². The molecule has 0 amide bonds. The van der Waals surface area contributed by atoms with Crippen LogP contribution in [0.3, 0.4) is 0 Å². The zero-order valence-corrected chi connectivity index (χ0v) is 24.9. The van der Waals surface area contributed by atoms with Crippen LogP contribution >= 0.6 is 7.92 Å². The summed E-state index contributed by atoms with van der Waals surface area (Å²) in [5, 5.41) is 0.225. The lowest BCUT2D eigenvalue weighted by atomic mass is 9.67. The maximum absolute atomic E-state index is 6.57. The van der Waals surface area contributed by atoms with Gasteiger partial charge in [-0.05, 0) is 51.7 Å². The first kappa shape index (κ1) is 28.2. The molecule has 0 fully saturated rings. The number of hydrogen-bond donors (Lipinski definition) is 0. The lowest BCUT2D eigenvalue weighted by Gasteiger charge is -2.61. The van der Waals surface area contributed by atoms with Gasteiger partial charge in [-0.15, -0.1) is 0 Å². The molecule has 1 aromatic rings. The van der Waals surface area contributed by atoms with Crippen molar-refractivity contribution in [1.29, 1.82) is 0 Å². The second-order valence-electron chi connectivity index (χ2n) is 12.9. The first-order valence-corrected chi connectivity index (χ1v) is 14.2. The summed E-state index contributed by atoms with van der Waals surface area (Å²) in [6, 6.07) is 9.20. The number of ether oxygens (including phenoxy) is 1. The minimum Gasteiger partial charge on any atom is -0.500 e. The Labute approximate surface area is 207 Å². The van der Waals surface area contributed by atoms with Crippen molar-refractivity contribution in [3.63, 3.8) is 0 Å². The number of benzene rings is 1. The summed E-state index contributed by atoms with van der Waals surface area (Å²) in [5.41, 5.74) is 5.85. The van der Waals surface area contributed by atoms with E-state index < -0.39 is 7.92 Å². The lowest BCUT2D eigenvalue weighted by molar-refractivity contribution is 0.205. The van der Waals surface area contributed by atoms with Gasteiger partial charge in [-0.25, -0.2) is 0 Å². The summed E-state index contributed by atoms with van der Waals surface area (Å²) in [4.78, 5) is 0. The van der Waals surface area contributed by atoms with Crippen LogP contribution in [0, 0.1) is 11.8 Å². The van der Waals surface area contributed by atoms with Gasteiger partial charge >= 0.3 is 0 Å². The Kier molecular flexibility index (Phi) is 8.44. The molecule has 1 nitrogen and oxygen atoms in total. The van der Waals surface area contributed by atoms with Gasteiger partial charge < -0.3 is 4.74 Å². The van der Waals surface area contributed by atoms with Crippen molar-refractivity contribution in [3.8, 4) is 0 Å². The molecule has 0 heterocycles. The second kappa shape index (κ2) is 9.89. The molecule has 0 aromatic heterocycles. The van der Waals surface area contributed by atoms with E-state index in [0.29, 0.717) is 23.7 Å². The summed E-state index contributed by atoms with van der Waals surface area (Å²) in [6.45, 7) is 31.4. The summed E-state index contributed by atoms with van der Waals surface area (Å²) in [7, 11) is 1.40. The smallest absolute Gasteiger partial charge is 0.111 e. The third-order valence-corrected chi connectivity index (χ3v) is 11.7. The van der Waals surface area contributed by atoms with E-state index in [4.69, 9.17) is 4.74 Å². The van der Waals surface area contributed by atoms with Crippen LogP contribution in [0.15, 0.2) is 47.2 Å². The van der Waals surface area contributed by atoms with Crippen LogP contribution in [-0.2, 0) is 4.74 Å². The van der Waals surface area contributed by atoms with Gasteiger partial charge in [0.15, 0.2) is 0 Å². The second-order valence-corrected chi connectivity index (χ2v) is 17.0. The van der Waals surface area contributed by atoms with Gasteiger partial charge in [-0.1, -0.05) is 127 Å².